The SMILES string of the molecule is Cc1cc([C@@H]2COCCN2C(=O)c2ccc3nc(N)c4c(c3c2)CO[C@@H]4C)ccc1F. The van der Waals surface area contributed by atoms with Crippen molar-refractivity contribution in [1.29, 1.82) is 0 Å². The quantitative estimate of drug-likeness (QED) is 0.675. The molecule has 2 aromatic carbocycles. The van der Waals surface area contributed by atoms with Crippen LogP contribution in [0.2, 0.25) is 0 Å². The van der Waals surface area contributed by atoms with E-state index in [1.807, 2.05) is 19.1 Å². The summed E-state index contributed by atoms with van der Waals surface area (Å²) in [4.78, 5) is 19.8. The Morgan fingerprint density at radius 1 is 1.26 bits per heavy atom. The average Bonchev–Trinajstić information content (AvgIpc) is 3.17. The monoisotopic (exact) mass is 421 g/mol. The van der Waals surface area contributed by atoms with Crippen molar-refractivity contribution in [1.82, 2.24) is 9.88 Å². The van der Waals surface area contributed by atoms with Crippen LogP contribution in [0.4, 0.5) is 10.2 Å². The van der Waals surface area contributed by atoms with E-state index in [0.717, 1.165) is 27.6 Å². The van der Waals surface area contributed by atoms with Crippen LogP contribution in [0.3, 0.4) is 0 Å². The molecule has 2 N–H and O–H groups in total. The molecule has 160 valence electrons. The maximum atomic E-state index is 13.8. The Balaban J connectivity index is 1.53. The number of hydrogen-bond acceptors (Lipinski definition) is 5. The number of morpholine rings is 1. The summed E-state index contributed by atoms with van der Waals surface area (Å²) in [7, 11) is 0. The predicted octanol–water partition coefficient (Wildman–Crippen LogP) is 4.07. The number of amides is 1. The highest BCUT2D eigenvalue weighted by Gasteiger charge is 2.31. The Morgan fingerprint density at radius 3 is 2.90 bits per heavy atom. The number of halogens is 1. The summed E-state index contributed by atoms with van der Waals surface area (Å²) in [6.45, 7) is 5.44. The molecule has 2 atom stereocenters. The Hall–Kier alpha value is -3.03. The number of fused-ring (bicyclic) bond motifs is 3. The van der Waals surface area contributed by atoms with Gasteiger partial charge in [-0.1, -0.05) is 12.1 Å². The van der Waals surface area contributed by atoms with Gasteiger partial charge in [0, 0.05) is 23.1 Å². The molecule has 1 saturated heterocycles. The molecule has 0 radical (unpaired) electrons. The molecular formula is C24H24FN3O3. The summed E-state index contributed by atoms with van der Waals surface area (Å²) >= 11 is 0. The van der Waals surface area contributed by atoms with Crippen LogP contribution in [0.15, 0.2) is 36.4 Å². The van der Waals surface area contributed by atoms with E-state index in [2.05, 4.69) is 4.98 Å². The maximum Gasteiger partial charge on any atom is 0.254 e. The van der Waals surface area contributed by atoms with Crippen molar-refractivity contribution in [3.8, 4) is 0 Å². The number of nitrogen functional groups attached to an aromatic ring is 1. The van der Waals surface area contributed by atoms with Gasteiger partial charge < -0.3 is 20.1 Å². The molecule has 3 heterocycles. The van der Waals surface area contributed by atoms with Gasteiger partial charge in [-0.2, -0.15) is 0 Å². The number of carbonyl (C=O) groups excluding carboxylic acids is 1. The number of pyridine rings is 1. The molecule has 2 aliphatic rings. The molecule has 0 spiro atoms. The topological polar surface area (TPSA) is 77.7 Å². The van der Waals surface area contributed by atoms with Gasteiger partial charge in [0.1, 0.15) is 11.6 Å². The van der Waals surface area contributed by atoms with Crippen LogP contribution in [0, 0.1) is 12.7 Å². The van der Waals surface area contributed by atoms with E-state index in [0.29, 0.717) is 43.3 Å². The standard InChI is InChI=1S/C24H24FN3O3/c1-13-9-15(3-5-19(13)25)21-12-30-8-7-28(21)24(29)16-4-6-20-17(10-16)18-11-31-14(2)22(18)23(26)27-20/h3-6,9-10,14,21H,7-8,11-12H2,1-2H3,(H2,26,27)/t14-,21+/m1/s1. The number of benzene rings is 2. The van der Waals surface area contributed by atoms with E-state index in [-0.39, 0.29) is 23.9 Å². The van der Waals surface area contributed by atoms with E-state index in [9.17, 15) is 9.18 Å². The molecule has 1 aromatic heterocycles. The Kier molecular flexibility index (Phi) is 4.87. The van der Waals surface area contributed by atoms with Crippen LogP contribution in [-0.4, -0.2) is 35.5 Å². The predicted molar refractivity (Wildman–Crippen MR) is 115 cm³/mol. The van der Waals surface area contributed by atoms with E-state index < -0.39 is 0 Å². The zero-order chi connectivity index (χ0) is 21.7. The summed E-state index contributed by atoms with van der Waals surface area (Å²) < 4.78 is 25.2. The van der Waals surface area contributed by atoms with Gasteiger partial charge in [0.15, 0.2) is 0 Å². The van der Waals surface area contributed by atoms with Crippen LogP contribution in [0.25, 0.3) is 10.9 Å². The van der Waals surface area contributed by atoms with Crippen molar-refractivity contribution in [3.05, 3.63) is 70.0 Å². The van der Waals surface area contributed by atoms with Gasteiger partial charge >= 0.3 is 0 Å². The largest absolute Gasteiger partial charge is 0.383 e. The van der Waals surface area contributed by atoms with Crippen molar-refractivity contribution in [2.75, 3.05) is 25.5 Å². The zero-order valence-electron chi connectivity index (χ0n) is 17.5. The van der Waals surface area contributed by atoms with Gasteiger partial charge in [-0.25, -0.2) is 9.37 Å². The van der Waals surface area contributed by atoms with Crippen LogP contribution in [-0.2, 0) is 16.1 Å². The summed E-state index contributed by atoms with van der Waals surface area (Å²) in [5, 5.41) is 0.891. The summed E-state index contributed by atoms with van der Waals surface area (Å²) in [5.41, 5.74) is 10.8. The molecular weight excluding hydrogens is 397 g/mol. The molecule has 1 amide bonds. The lowest BCUT2D eigenvalue weighted by molar-refractivity contribution is -0.00271. The smallest absolute Gasteiger partial charge is 0.254 e. The first-order valence-electron chi connectivity index (χ1n) is 10.4. The highest BCUT2D eigenvalue weighted by Crippen LogP contribution is 2.38. The third-order valence-electron chi connectivity index (χ3n) is 6.25. The number of nitrogens with zero attached hydrogens (tertiary/aromatic N) is 2. The van der Waals surface area contributed by atoms with Gasteiger partial charge in [0.25, 0.3) is 5.91 Å². The normalized spacial score (nSPS) is 20.8. The second kappa shape index (κ2) is 7.59. The second-order valence-corrected chi connectivity index (χ2v) is 8.17. The maximum absolute atomic E-state index is 13.8. The zero-order valence-corrected chi connectivity index (χ0v) is 17.5. The molecule has 0 aliphatic carbocycles. The van der Waals surface area contributed by atoms with Crippen molar-refractivity contribution in [2.45, 2.75) is 32.6 Å². The van der Waals surface area contributed by atoms with Crippen molar-refractivity contribution in [2.24, 2.45) is 0 Å². The molecule has 7 heteroatoms. The number of aryl methyl sites for hydroxylation is 1. The minimum atomic E-state index is -0.269. The molecule has 0 bridgehead atoms. The second-order valence-electron chi connectivity index (χ2n) is 8.17. The lowest BCUT2D eigenvalue weighted by Gasteiger charge is -2.36. The number of carbonyl (C=O) groups is 1. The Bertz CT molecular complexity index is 1200. The first-order valence-corrected chi connectivity index (χ1v) is 10.4. The third-order valence-corrected chi connectivity index (χ3v) is 6.25. The Morgan fingerprint density at radius 2 is 2.10 bits per heavy atom. The lowest BCUT2D eigenvalue weighted by Crippen LogP contribution is -2.43. The van der Waals surface area contributed by atoms with Gasteiger partial charge in [0.2, 0.25) is 0 Å². The van der Waals surface area contributed by atoms with Crippen molar-refractivity contribution < 1.29 is 18.7 Å². The number of nitrogens with two attached hydrogens (primary N) is 1. The first kappa shape index (κ1) is 19.9. The van der Waals surface area contributed by atoms with Gasteiger partial charge in [-0.05, 0) is 54.8 Å². The summed E-state index contributed by atoms with van der Waals surface area (Å²) in [6.07, 6.45) is -0.114. The van der Waals surface area contributed by atoms with Crippen molar-refractivity contribution >= 4 is 22.6 Å². The van der Waals surface area contributed by atoms with Gasteiger partial charge in [-0.15, -0.1) is 0 Å². The fourth-order valence-corrected chi connectivity index (χ4v) is 4.56. The average molecular weight is 421 g/mol. The summed E-state index contributed by atoms with van der Waals surface area (Å²) in [6, 6.07) is 10.2. The minimum absolute atomic E-state index is 0.0882. The molecule has 2 aliphatic heterocycles. The molecule has 31 heavy (non-hydrogen) atoms. The third kappa shape index (κ3) is 3.34. The molecule has 3 aromatic rings. The van der Waals surface area contributed by atoms with E-state index in [4.69, 9.17) is 15.2 Å². The highest BCUT2D eigenvalue weighted by molar-refractivity contribution is 5.99. The highest BCUT2D eigenvalue weighted by atomic mass is 19.1. The minimum Gasteiger partial charge on any atom is -0.383 e. The molecule has 5 rings (SSSR count). The van der Waals surface area contributed by atoms with Gasteiger partial charge in [-0.3, -0.25) is 4.79 Å². The molecule has 1 fully saturated rings. The van der Waals surface area contributed by atoms with Crippen molar-refractivity contribution in [3.63, 3.8) is 0 Å². The van der Waals surface area contributed by atoms with Crippen LogP contribution >= 0.6 is 0 Å². The van der Waals surface area contributed by atoms with Crippen LogP contribution < -0.4 is 5.73 Å². The van der Waals surface area contributed by atoms with Crippen LogP contribution in [0.1, 0.15) is 51.7 Å². The number of aromatic nitrogens is 1. The van der Waals surface area contributed by atoms with E-state index in [1.165, 1.54) is 6.07 Å². The first-order chi connectivity index (χ1) is 14.9. The number of rotatable bonds is 2. The fraction of sp³-hybridized carbons (Fsp3) is 0.333. The summed E-state index contributed by atoms with van der Waals surface area (Å²) in [5.74, 6) is 0.131. The molecule has 0 unspecified atom stereocenters. The van der Waals surface area contributed by atoms with E-state index in [1.54, 1.807) is 30.0 Å². The number of anilines is 1. The number of ether oxygens (including phenoxy) is 2. The molecule has 0 saturated carbocycles. The fourth-order valence-electron chi connectivity index (χ4n) is 4.56. The number of hydrogen-bond donors (Lipinski definition) is 1. The Labute approximate surface area is 179 Å². The van der Waals surface area contributed by atoms with Crippen LogP contribution in [0.5, 0.6) is 0 Å². The van der Waals surface area contributed by atoms with E-state index >= 15 is 0 Å². The molecule has 6 nitrogen and oxygen atoms in total. The van der Waals surface area contributed by atoms with Gasteiger partial charge in [0.05, 0.1) is 37.5 Å². The lowest BCUT2D eigenvalue weighted by atomic mass is 9.98.